The lowest BCUT2D eigenvalue weighted by Gasteiger charge is -2.10. The van der Waals surface area contributed by atoms with Crippen molar-refractivity contribution in [3.63, 3.8) is 0 Å². The van der Waals surface area contributed by atoms with Crippen molar-refractivity contribution < 1.29 is 8.42 Å². The zero-order chi connectivity index (χ0) is 10.2. The van der Waals surface area contributed by atoms with Gasteiger partial charge < -0.3 is 4.57 Å². The van der Waals surface area contributed by atoms with Gasteiger partial charge in [-0.25, -0.2) is 8.42 Å². The fourth-order valence-electron chi connectivity index (χ4n) is 1.66. The van der Waals surface area contributed by atoms with E-state index in [1.807, 2.05) is 0 Å². The molecule has 1 aromatic rings. The Kier molecular flexibility index (Phi) is 2.48. The molecule has 5 nitrogen and oxygen atoms in total. The summed E-state index contributed by atoms with van der Waals surface area (Å²) in [5.74, 6) is 1.32. The molecule has 0 aliphatic carbocycles. The Morgan fingerprint density at radius 1 is 1.64 bits per heavy atom. The first-order valence-corrected chi connectivity index (χ1v) is 6.63. The van der Waals surface area contributed by atoms with Crippen LogP contribution < -0.4 is 0 Å². The molecule has 0 bridgehead atoms. The molecular weight excluding hydrogens is 226 g/mol. The van der Waals surface area contributed by atoms with E-state index in [-0.39, 0.29) is 23.4 Å². The third kappa shape index (κ3) is 1.76. The van der Waals surface area contributed by atoms with E-state index in [4.69, 9.17) is 11.6 Å². The SMILES string of the molecule is O=S1(=O)CCC(n2cnnc2CCl)C1. The van der Waals surface area contributed by atoms with Crippen molar-refractivity contribution in [3.8, 4) is 0 Å². The Morgan fingerprint density at radius 2 is 2.43 bits per heavy atom. The molecule has 1 unspecified atom stereocenters. The number of rotatable bonds is 2. The highest BCUT2D eigenvalue weighted by Crippen LogP contribution is 2.24. The fraction of sp³-hybridized carbons (Fsp3) is 0.714. The van der Waals surface area contributed by atoms with Gasteiger partial charge in [0.2, 0.25) is 0 Å². The molecule has 7 heteroatoms. The van der Waals surface area contributed by atoms with Crippen LogP contribution in [0.15, 0.2) is 6.33 Å². The molecule has 0 spiro atoms. The number of nitrogens with zero attached hydrogens (tertiary/aromatic N) is 3. The number of aromatic nitrogens is 3. The molecule has 2 rings (SSSR count). The lowest BCUT2D eigenvalue weighted by molar-refractivity contribution is 0.539. The number of halogens is 1. The summed E-state index contributed by atoms with van der Waals surface area (Å²) >= 11 is 5.65. The molecule has 0 radical (unpaired) electrons. The van der Waals surface area contributed by atoms with Gasteiger partial charge in [0.1, 0.15) is 12.2 Å². The average molecular weight is 236 g/mol. The van der Waals surface area contributed by atoms with Crippen LogP contribution >= 0.6 is 11.6 Å². The summed E-state index contributed by atoms with van der Waals surface area (Å²) < 4.78 is 24.3. The van der Waals surface area contributed by atoms with Gasteiger partial charge in [-0.3, -0.25) is 0 Å². The van der Waals surface area contributed by atoms with Gasteiger partial charge in [-0.2, -0.15) is 0 Å². The van der Waals surface area contributed by atoms with Crippen LogP contribution in [0, 0.1) is 0 Å². The predicted octanol–water partition coefficient (Wildman–Crippen LogP) is 0.376. The third-order valence-electron chi connectivity index (χ3n) is 2.37. The molecule has 1 fully saturated rings. The maximum Gasteiger partial charge on any atom is 0.152 e. The number of sulfone groups is 1. The van der Waals surface area contributed by atoms with Crippen LogP contribution in [-0.4, -0.2) is 34.7 Å². The summed E-state index contributed by atoms with van der Waals surface area (Å²) in [5.41, 5.74) is 0. The van der Waals surface area contributed by atoms with E-state index < -0.39 is 9.84 Å². The van der Waals surface area contributed by atoms with Crippen molar-refractivity contribution in [1.29, 1.82) is 0 Å². The maximum absolute atomic E-state index is 11.2. The van der Waals surface area contributed by atoms with Gasteiger partial charge in [-0.1, -0.05) is 0 Å². The number of hydrogen-bond acceptors (Lipinski definition) is 4. The minimum atomic E-state index is -2.87. The first-order chi connectivity index (χ1) is 6.62. The molecule has 78 valence electrons. The predicted molar refractivity (Wildman–Crippen MR) is 51.9 cm³/mol. The van der Waals surface area contributed by atoms with Crippen LogP contribution in [0.4, 0.5) is 0 Å². The second-order valence-corrected chi connectivity index (χ2v) is 5.84. The van der Waals surface area contributed by atoms with E-state index in [9.17, 15) is 8.42 Å². The van der Waals surface area contributed by atoms with Gasteiger partial charge in [-0.05, 0) is 6.42 Å². The largest absolute Gasteiger partial charge is 0.312 e. The molecule has 0 N–H and O–H groups in total. The third-order valence-corrected chi connectivity index (χ3v) is 4.36. The van der Waals surface area contributed by atoms with E-state index in [0.717, 1.165) is 0 Å². The van der Waals surface area contributed by atoms with Crippen LogP contribution in [0.1, 0.15) is 18.3 Å². The molecule has 1 aromatic heterocycles. The standard InChI is InChI=1S/C7H10ClN3O2S/c8-3-7-10-9-5-11(7)6-1-2-14(12,13)4-6/h5-6H,1-4H2. The summed E-state index contributed by atoms with van der Waals surface area (Å²) in [4.78, 5) is 0. The Morgan fingerprint density at radius 3 is 3.00 bits per heavy atom. The van der Waals surface area contributed by atoms with Gasteiger partial charge >= 0.3 is 0 Å². The maximum atomic E-state index is 11.2. The molecule has 0 amide bonds. The van der Waals surface area contributed by atoms with Gasteiger partial charge in [0.15, 0.2) is 9.84 Å². The summed E-state index contributed by atoms with van der Waals surface area (Å²) in [6, 6.07) is -0.0382. The van der Waals surface area contributed by atoms with Crippen molar-refractivity contribution in [2.75, 3.05) is 11.5 Å². The normalized spacial score (nSPS) is 25.4. The van der Waals surface area contributed by atoms with Gasteiger partial charge in [0.05, 0.1) is 23.4 Å². The van der Waals surface area contributed by atoms with Crippen molar-refractivity contribution in [2.45, 2.75) is 18.3 Å². The molecule has 1 aliphatic heterocycles. The van der Waals surface area contributed by atoms with Crippen LogP contribution in [0.25, 0.3) is 0 Å². The number of hydrogen-bond donors (Lipinski definition) is 0. The zero-order valence-electron chi connectivity index (χ0n) is 7.43. The molecule has 0 aromatic carbocycles. The molecule has 14 heavy (non-hydrogen) atoms. The Balaban J connectivity index is 2.25. The highest BCUT2D eigenvalue weighted by molar-refractivity contribution is 7.91. The first-order valence-electron chi connectivity index (χ1n) is 4.27. The fourth-order valence-corrected chi connectivity index (χ4v) is 3.56. The van der Waals surface area contributed by atoms with E-state index >= 15 is 0 Å². The molecule has 2 heterocycles. The summed E-state index contributed by atoms with van der Waals surface area (Å²) in [6.07, 6.45) is 2.17. The monoisotopic (exact) mass is 235 g/mol. The highest BCUT2D eigenvalue weighted by atomic mass is 35.5. The Labute approximate surface area is 87.0 Å². The molecule has 1 atom stereocenters. The molecule has 0 saturated carbocycles. The van der Waals surface area contributed by atoms with Gasteiger partial charge in [-0.15, -0.1) is 21.8 Å². The Hall–Kier alpha value is -0.620. The second kappa shape index (κ2) is 3.51. The van der Waals surface area contributed by atoms with Crippen LogP contribution in [0.2, 0.25) is 0 Å². The lowest BCUT2D eigenvalue weighted by Crippen LogP contribution is -2.12. The van der Waals surface area contributed by atoms with E-state index in [0.29, 0.717) is 12.2 Å². The molecular formula is C7H10ClN3O2S. The van der Waals surface area contributed by atoms with Gasteiger partial charge in [0.25, 0.3) is 0 Å². The summed E-state index contributed by atoms with van der Waals surface area (Å²) in [6.45, 7) is 0. The van der Waals surface area contributed by atoms with E-state index in [1.165, 1.54) is 0 Å². The quantitative estimate of drug-likeness (QED) is 0.695. The van der Waals surface area contributed by atoms with Crippen molar-refractivity contribution in [3.05, 3.63) is 12.2 Å². The van der Waals surface area contributed by atoms with Crippen LogP contribution in [0.5, 0.6) is 0 Å². The van der Waals surface area contributed by atoms with E-state index in [2.05, 4.69) is 10.2 Å². The summed E-state index contributed by atoms with van der Waals surface area (Å²) in [7, 11) is -2.87. The first kappa shape index (κ1) is 9.92. The lowest BCUT2D eigenvalue weighted by atomic mass is 10.2. The van der Waals surface area contributed by atoms with Crippen LogP contribution in [0.3, 0.4) is 0 Å². The second-order valence-electron chi connectivity index (χ2n) is 3.34. The van der Waals surface area contributed by atoms with Crippen LogP contribution in [-0.2, 0) is 15.7 Å². The average Bonchev–Trinajstić information content (AvgIpc) is 2.70. The molecule has 1 saturated heterocycles. The zero-order valence-corrected chi connectivity index (χ0v) is 9.00. The highest BCUT2D eigenvalue weighted by Gasteiger charge is 2.30. The van der Waals surface area contributed by atoms with E-state index in [1.54, 1.807) is 10.9 Å². The minimum absolute atomic E-state index is 0.0382. The number of alkyl halides is 1. The molecule has 1 aliphatic rings. The van der Waals surface area contributed by atoms with Crippen molar-refractivity contribution in [1.82, 2.24) is 14.8 Å². The smallest absolute Gasteiger partial charge is 0.152 e. The minimum Gasteiger partial charge on any atom is -0.312 e. The van der Waals surface area contributed by atoms with Gasteiger partial charge in [0, 0.05) is 0 Å². The summed E-state index contributed by atoms with van der Waals surface area (Å²) in [5, 5.41) is 7.53. The van der Waals surface area contributed by atoms with Crippen molar-refractivity contribution in [2.24, 2.45) is 0 Å². The Bertz CT molecular complexity index is 428. The topological polar surface area (TPSA) is 64.8 Å². The van der Waals surface area contributed by atoms with Crippen molar-refractivity contribution >= 4 is 21.4 Å².